The molecule has 5 aromatic rings. The number of benzene rings is 2. The van der Waals surface area contributed by atoms with E-state index in [0.29, 0.717) is 15.3 Å². The Bertz CT molecular complexity index is 1430. The summed E-state index contributed by atoms with van der Waals surface area (Å²) in [5.74, 6) is -0.140. The molecule has 0 bridgehead atoms. The molecule has 9 heteroatoms. The molecule has 2 aromatic carbocycles. The number of para-hydroxylation sites is 1. The molecule has 0 saturated heterocycles. The molecule has 0 fully saturated rings. The first-order valence-corrected chi connectivity index (χ1v) is 11.3. The summed E-state index contributed by atoms with van der Waals surface area (Å²) in [4.78, 5) is 17.2. The number of carbonyl (C=O) groups is 1. The van der Waals surface area contributed by atoms with Gasteiger partial charge in [-0.2, -0.15) is 0 Å². The number of pyridine rings is 1. The van der Waals surface area contributed by atoms with Gasteiger partial charge >= 0.3 is 0 Å². The van der Waals surface area contributed by atoms with E-state index >= 15 is 0 Å². The maximum absolute atomic E-state index is 12.8. The summed E-state index contributed by atoms with van der Waals surface area (Å²) in [5.41, 5.74) is 3.74. The van der Waals surface area contributed by atoms with Gasteiger partial charge in [-0.15, -0.1) is 10.2 Å². The van der Waals surface area contributed by atoms with Gasteiger partial charge in [0.15, 0.2) is 15.9 Å². The van der Waals surface area contributed by atoms with Crippen LogP contribution in [-0.2, 0) is 4.79 Å². The van der Waals surface area contributed by atoms with Crippen LogP contribution < -0.4 is 5.32 Å². The van der Waals surface area contributed by atoms with Crippen molar-refractivity contribution in [1.82, 2.24) is 19.6 Å². The Kier molecular flexibility index (Phi) is 4.85. The Morgan fingerprint density at radius 3 is 2.90 bits per heavy atom. The quantitative estimate of drug-likeness (QED) is 0.360. The van der Waals surface area contributed by atoms with Crippen molar-refractivity contribution in [3.05, 3.63) is 59.1 Å². The average Bonchev–Trinajstić information content (AvgIpc) is 3.31. The second-order valence-electron chi connectivity index (χ2n) is 6.90. The van der Waals surface area contributed by atoms with Gasteiger partial charge in [0.25, 0.3) is 0 Å². The van der Waals surface area contributed by atoms with Crippen molar-refractivity contribution in [3.63, 3.8) is 0 Å². The highest BCUT2D eigenvalue weighted by molar-refractivity contribution is 8.00. The van der Waals surface area contributed by atoms with Gasteiger partial charge in [-0.1, -0.05) is 52.9 Å². The summed E-state index contributed by atoms with van der Waals surface area (Å²) < 4.78 is 2.93. The second-order valence-corrected chi connectivity index (χ2v) is 9.68. The van der Waals surface area contributed by atoms with Crippen LogP contribution in [0, 0.1) is 6.92 Å². The third kappa shape index (κ3) is 3.40. The zero-order valence-corrected chi connectivity index (χ0v) is 18.5. The standard InChI is InChI=1S/C21H16ClN5OS2/c1-11-9-18-25-26-21(27(18)16-6-4-3-5-14(11)16)29-12(2)19(28)24-20-23-15-8-7-13(22)10-17(15)30-20/h3-10,12H,1-2H3,(H,23,24,28). The summed E-state index contributed by atoms with van der Waals surface area (Å²) in [6, 6.07) is 15.6. The summed E-state index contributed by atoms with van der Waals surface area (Å²) in [7, 11) is 0. The minimum Gasteiger partial charge on any atom is -0.301 e. The number of hydrogen-bond acceptors (Lipinski definition) is 6. The number of anilines is 1. The van der Waals surface area contributed by atoms with Crippen LogP contribution in [0.25, 0.3) is 26.8 Å². The molecule has 1 atom stereocenters. The molecule has 0 aliphatic rings. The lowest BCUT2D eigenvalue weighted by molar-refractivity contribution is -0.115. The zero-order chi connectivity index (χ0) is 20.8. The minimum atomic E-state index is -0.381. The van der Waals surface area contributed by atoms with Crippen molar-refractivity contribution in [3.8, 4) is 0 Å². The Morgan fingerprint density at radius 1 is 1.20 bits per heavy atom. The van der Waals surface area contributed by atoms with Crippen LogP contribution in [0.3, 0.4) is 0 Å². The molecule has 5 rings (SSSR count). The van der Waals surface area contributed by atoms with Crippen LogP contribution in [0.15, 0.2) is 53.7 Å². The molecule has 0 spiro atoms. The minimum absolute atomic E-state index is 0.140. The molecule has 0 aliphatic heterocycles. The maximum atomic E-state index is 12.8. The van der Waals surface area contributed by atoms with Gasteiger partial charge in [-0.25, -0.2) is 4.98 Å². The van der Waals surface area contributed by atoms with Crippen LogP contribution in [0.5, 0.6) is 0 Å². The van der Waals surface area contributed by atoms with Gasteiger partial charge < -0.3 is 5.32 Å². The highest BCUT2D eigenvalue weighted by Gasteiger charge is 2.20. The first-order chi connectivity index (χ1) is 14.5. The molecule has 1 N–H and O–H groups in total. The predicted octanol–water partition coefficient (Wildman–Crippen LogP) is 5.57. The van der Waals surface area contributed by atoms with E-state index in [1.807, 2.05) is 47.7 Å². The Morgan fingerprint density at radius 2 is 2.03 bits per heavy atom. The molecule has 30 heavy (non-hydrogen) atoms. The van der Waals surface area contributed by atoms with Crippen molar-refractivity contribution in [1.29, 1.82) is 0 Å². The first-order valence-electron chi connectivity index (χ1n) is 9.27. The van der Waals surface area contributed by atoms with Gasteiger partial charge in [0.1, 0.15) is 0 Å². The van der Waals surface area contributed by atoms with Crippen LogP contribution in [0.1, 0.15) is 12.5 Å². The van der Waals surface area contributed by atoms with E-state index < -0.39 is 0 Å². The molecule has 3 heterocycles. The van der Waals surface area contributed by atoms with E-state index in [9.17, 15) is 4.79 Å². The maximum Gasteiger partial charge on any atom is 0.239 e. The van der Waals surface area contributed by atoms with Crippen molar-refractivity contribution < 1.29 is 4.79 Å². The first kappa shape index (κ1) is 19.3. The van der Waals surface area contributed by atoms with Crippen molar-refractivity contribution in [2.75, 3.05) is 5.32 Å². The van der Waals surface area contributed by atoms with Crippen LogP contribution in [0.2, 0.25) is 5.02 Å². The topological polar surface area (TPSA) is 72.2 Å². The fourth-order valence-corrected chi connectivity index (χ4v) is 5.33. The molecule has 3 aromatic heterocycles. The molecule has 1 amide bonds. The highest BCUT2D eigenvalue weighted by atomic mass is 35.5. The second kappa shape index (κ2) is 7.54. The molecule has 6 nitrogen and oxygen atoms in total. The molecule has 0 radical (unpaired) electrons. The number of aromatic nitrogens is 4. The van der Waals surface area contributed by atoms with Crippen molar-refractivity contribution in [2.45, 2.75) is 24.3 Å². The number of aryl methyl sites for hydroxylation is 1. The smallest absolute Gasteiger partial charge is 0.239 e. The molecule has 150 valence electrons. The number of rotatable bonds is 4. The lowest BCUT2D eigenvalue weighted by Crippen LogP contribution is -2.22. The lowest BCUT2D eigenvalue weighted by Gasteiger charge is -2.11. The molecular formula is C21H16ClN5OS2. The SMILES string of the molecule is Cc1cc2nnc(SC(C)C(=O)Nc3nc4ccc(Cl)cc4s3)n2c2ccccc12. The van der Waals surface area contributed by atoms with Gasteiger partial charge in [0.2, 0.25) is 5.91 Å². The number of thioether (sulfide) groups is 1. The zero-order valence-electron chi connectivity index (χ0n) is 16.1. The lowest BCUT2D eigenvalue weighted by atomic mass is 10.1. The molecule has 0 aliphatic carbocycles. The summed E-state index contributed by atoms with van der Waals surface area (Å²) in [6.07, 6.45) is 0. The monoisotopic (exact) mass is 453 g/mol. The fraction of sp³-hybridized carbons (Fsp3) is 0.143. The largest absolute Gasteiger partial charge is 0.301 e. The van der Waals surface area contributed by atoms with Gasteiger partial charge in [-0.3, -0.25) is 9.20 Å². The van der Waals surface area contributed by atoms with E-state index in [0.717, 1.165) is 32.3 Å². The number of halogens is 1. The van der Waals surface area contributed by atoms with E-state index in [-0.39, 0.29) is 11.2 Å². The average molecular weight is 454 g/mol. The summed E-state index contributed by atoms with van der Waals surface area (Å²) >= 11 is 8.81. The number of nitrogens with one attached hydrogen (secondary N) is 1. The van der Waals surface area contributed by atoms with Crippen LogP contribution in [0.4, 0.5) is 5.13 Å². The number of hydrogen-bond donors (Lipinski definition) is 1. The summed E-state index contributed by atoms with van der Waals surface area (Å²) in [5, 5.41) is 14.2. The van der Waals surface area contributed by atoms with Crippen LogP contribution >= 0.6 is 34.7 Å². The Balaban J connectivity index is 1.41. The Hall–Kier alpha value is -2.68. The third-order valence-corrected chi connectivity index (χ3v) is 7.02. The molecular weight excluding hydrogens is 438 g/mol. The summed E-state index contributed by atoms with van der Waals surface area (Å²) in [6.45, 7) is 3.91. The number of amides is 1. The van der Waals surface area contributed by atoms with Gasteiger partial charge in [0.05, 0.1) is 21.0 Å². The van der Waals surface area contributed by atoms with Crippen LogP contribution in [-0.4, -0.2) is 30.7 Å². The third-order valence-electron chi connectivity index (χ3n) is 4.81. The van der Waals surface area contributed by atoms with E-state index in [1.165, 1.54) is 23.1 Å². The highest BCUT2D eigenvalue weighted by Crippen LogP contribution is 2.31. The van der Waals surface area contributed by atoms with Gasteiger partial charge in [0, 0.05) is 10.4 Å². The van der Waals surface area contributed by atoms with E-state index in [4.69, 9.17) is 11.6 Å². The number of fused-ring (bicyclic) bond motifs is 4. The number of carbonyl (C=O) groups excluding carboxylic acids is 1. The molecule has 1 unspecified atom stereocenters. The molecule has 0 saturated carbocycles. The normalized spacial score (nSPS) is 12.6. The number of nitrogens with zero attached hydrogens (tertiary/aromatic N) is 4. The van der Waals surface area contributed by atoms with E-state index in [2.05, 4.69) is 33.5 Å². The van der Waals surface area contributed by atoms with Crippen molar-refractivity contribution in [2.24, 2.45) is 0 Å². The van der Waals surface area contributed by atoms with Gasteiger partial charge in [-0.05, 0) is 49.7 Å². The fourth-order valence-electron chi connectivity index (χ4n) is 3.32. The van der Waals surface area contributed by atoms with Crippen molar-refractivity contribution >= 4 is 72.5 Å². The van der Waals surface area contributed by atoms with E-state index in [1.54, 1.807) is 6.07 Å². The predicted molar refractivity (Wildman–Crippen MR) is 124 cm³/mol. The Labute approximate surface area is 185 Å². The number of thiazole rings is 1.